The molecule has 8 heteroatoms. The molecule has 0 fully saturated rings. The van der Waals surface area contributed by atoms with E-state index in [4.69, 9.17) is 15.4 Å². The first-order chi connectivity index (χ1) is 6.33. The van der Waals surface area contributed by atoms with E-state index in [1.165, 1.54) is 11.8 Å². The average Bonchev–Trinajstić information content (AvgIpc) is 2.01. The summed E-state index contributed by atoms with van der Waals surface area (Å²) < 4.78 is 28.9. The van der Waals surface area contributed by atoms with E-state index in [0.29, 0.717) is 5.75 Å². The van der Waals surface area contributed by atoms with Crippen molar-refractivity contribution in [3.8, 4) is 0 Å². The lowest BCUT2D eigenvalue weighted by Gasteiger charge is -2.04. The van der Waals surface area contributed by atoms with Gasteiger partial charge in [0.2, 0.25) is 0 Å². The fraction of sp³-hybridized carbons (Fsp3) is 0.833. The van der Waals surface area contributed by atoms with Crippen molar-refractivity contribution in [2.24, 2.45) is 5.73 Å². The molecular formula is C6H13NO5S2. The maximum Gasteiger partial charge on any atom is 0.321 e. The summed E-state index contributed by atoms with van der Waals surface area (Å²) in [6.45, 7) is 0. The van der Waals surface area contributed by atoms with Gasteiger partial charge in [-0.2, -0.15) is 20.2 Å². The predicted molar refractivity (Wildman–Crippen MR) is 54.0 cm³/mol. The molecule has 0 unspecified atom stereocenters. The van der Waals surface area contributed by atoms with Gasteiger partial charge in [0.05, 0.1) is 5.75 Å². The van der Waals surface area contributed by atoms with Crippen LogP contribution in [-0.4, -0.2) is 47.3 Å². The van der Waals surface area contributed by atoms with Gasteiger partial charge in [-0.3, -0.25) is 9.35 Å². The molecule has 0 radical (unpaired) electrons. The minimum atomic E-state index is -3.90. The lowest BCUT2D eigenvalue weighted by Crippen LogP contribution is -2.32. The Morgan fingerprint density at radius 2 is 2.07 bits per heavy atom. The molecule has 0 aromatic heterocycles. The highest BCUT2D eigenvalue weighted by atomic mass is 32.2. The van der Waals surface area contributed by atoms with Gasteiger partial charge in [0.25, 0.3) is 10.1 Å². The lowest BCUT2D eigenvalue weighted by atomic mass is 10.4. The molecule has 0 rings (SSSR count). The summed E-state index contributed by atoms with van der Waals surface area (Å²) in [5, 5.41) is 8.39. The van der Waals surface area contributed by atoms with Gasteiger partial charge in [-0.25, -0.2) is 0 Å². The number of nitrogens with two attached hydrogens (primary N) is 1. The molecule has 0 saturated carbocycles. The highest BCUT2D eigenvalue weighted by Crippen LogP contribution is 2.05. The number of rotatable bonds is 7. The average molecular weight is 243 g/mol. The van der Waals surface area contributed by atoms with Crippen LogP contribution < -0.4 is 5.73 Å². The molecule has 0 aliphatic rings. The third-order valence-corrected chi connectivity index (χ3v) is 3.28. The Hall–Kier alpha value is -0.310. The molecule has 6 nitrogen and oxygen atoms in total. The fourth-order valence-corrected chi connectivity index (χ4v) is 2.23. The van der Waals surface area contributed by atoms with Gasteiger partial charge in [0.15, 0.2) is 0 Å². The number of carboxylic acid groups (broad SMARTS) is 1. The Morgan fingerprint density at radius 3 is 2.50 bits per heavy atom. The molecule has 0 aliphatic heterocycles. The normalized spacial score (nSPS) is 13.9. The zero-order valence-corrected chi connectivity index (χ0v) is 9.05. The molecule has 4 N–H and O–H groups in total. The van der Waals surface area contributed by atoms with Gasteiger partial charge in [0.1, 0.15) is 6.04 Å². The van der Waals surface area contributed by atoms with Crippen LogP contribution in [-0.2, 0) is 14.9 Å². The number of hydrogen-bond acceptors (Lipinski definition) is 5. The zero-order valence-electron chi connectivity index (χ0n) is 7.42. The first-order valence-corrected chi connectivity index (χ1v) is 6.60. The topological polar surface area (TPSA) is 118 Å². The maximum atomic E-state index is 10.3. The Labute approximate surface area is 86.6 Å². The van der Waals surface area contributed by atoms with Crippen LogP contribution in [0.15, 0.2) is 0 Å². The molecular weight excluding hydrogens is 230 g/mol. The number of aliphatic carboxylic acids is 1. The van der Waals surface area contributed by atoms with Gasteiger partial charge < -0.3 is 10.8 Å². The molecule has 14 heavy (non-hydrogen) atoms. The van der Waals surface area contributed by atoms with E-state index in [1.807, 2.05) is 0 Å². The van der Waals surface area contributed by atoms with Crippen molar-refractivity contribution in [3.05, 3.63) is 0 Å². The molecule has 0 amide bonds. The van der Waals surface area contributed by atoms with Crippen LogP contribution >= 0.6 is 11.8 Å². The van der Waals surface area contributed by atoms with E-state index in [2.05, 4.69) is 0 Å². The first kappa shape index (κ1) is 13.7. The van der Waals surface area contributed by atoms with Crippen LogP contribution in [0.3, 0.4) is 0 Å². The number of carboxylic acids is 1. The van der Waals surface area contributed by atoms with Crippen LogP contribution in [0, 0.1) is 0 Å². The Bertz CT molecular complexity index is 276. The predicted octanol–water partition coefficient (Wildman–Crippen LogP) is -0.591. The largest absolute Gasteiger partial charge is 0.480 e. The second-order valence-corrected chi connectivity index (χ2v) is 5.38. The van der Waals surface area contributed by atoms with Crippen molar-refractivity contribution in [1.29, 1.82) is 0 Å². The Balaban J connectivity index is 3.44. The van der Waals surface area contributed by atoms with Gasteiger partial charge in [-0.1, -0.05) is 0 Å². The molecule has 0 aliphatic carbocycles. The van der Waals surface area contributed by atoms with Gasteiger partial charge in [0, 0.05) is 5.75 Å². The van der Waals surface area contributed by atoms with Crippen molar-refractivity contribution in [1.82, 2.24) is 0 Å². The summed E-state index contributed by atoms with van der Waals surface area (Å²) >= 11 is 1.25. The fourth-order valence-electron chi connectivity index (χ4n) is 0.625. The SMILES string of the molecule is N[C@@H](CSCCCS(=O)(=O)O)C(=O)O. The molecule has 0 aromatic carbocycles. The molecule has 84 valence electrons. The monoisotopic (exact) mass is 243 g/mol. The smallest absolute Gasteiger partial charge is 0.321 e. The highest BCUT2D eigenvalue weighted by Gasteiger charge is 2.11. The summed E-state index contributed by atoms with van der Waals surface area (Å²) in [6.07, 6.45) is 0.288. The van der Waals surface area contributed by atoms with Gasteiger partial charge in [-0.15, -0.1) is 0 Å². The summed E-state index contributed by atoms with van der Waals surface area (Å²) in [7, 11) is -3.90. The van der Waals surface area contributed by atoms with Crippen molar-refractivity contribution in [2.75, 3.05) is 17.3 Å². The third kappa shape index (κ3) is 8.30. The Kier molecular flexibility index (Phi) is 6.09. The van der Waals surface area contributed by atoms with E-state index in [-0.39, 0.29) is 17.9 Å². The van der Waals surface area contributed by atoms with Crippen LogP contribution in [0.5, 0.6) is 0 Å². The summed E-state index contributed by atoms with van der Waals surface area (Å²) in [5.74, 6) is -0.684. The standard InChI is InChI=1S/C6H13NO5S2/c7-5(6(8)9)4-13-2-1-3-14(10,11)12/h5H,1-4,7H2,(H,8,9)(H,10,11,12)/t5-/m0/s1. The third-order valence-electron chi connectivity index (χ3n) is 1.31. The second-order valence-electron chi connectivity index (χ2n) is 2.66. The van der Waals surface area contributed by atoms with E-state index < -0.39 is 22.1 Å². The lowest BCUT2D eigenvalue weighted by molar-refractivity contribution is -0.137. The molecule has 0 spiro atoms. The van der Waals surface area contributed by atoms with Crippen LogP contribution in [0.4, 0.5) is 0 Å². The van der Waals surface area contributed by atoms with Crippen molar-refractivity contribution in [3.63, 3.8) is 0 Å². The van der Waals surface area contributed by atoms with Crippen LogP contribution in [0.2, 0.25) is 0 Å². The van der Waals surface area contributed by atoms with E-state index in [9.17, 15) is 13.2 Å². The van der Waals surface area contributed by atoms with Crippen molar-refractivity contribution in [2.45, 2.75) is 12.5 Å². The minimum Gasteiger partial charge on any atom is -0.480 e. The van der Waals surface area contributed by atoms with Crippen molar-refractivity contribution < 1.29 is 22.9 Å². The zero-order chi connectivity index (χ0) is 11.2. The highest BCUT2D eigenvalue weighted by molar-refractivity contribution is 7.99. The quantitative estimate of drug-likeness (QED) is 0.404. The van der Waals surface area contributed by atoms with E-state index >= 15 is 0 Å². The van der Waals surface area contributed by atoms with Crippen LogP contribution in [0.1, 0.15) is 6.42 Å². The summed E-state index contributed by atoms with van der Waals surface area (Å²) in [6, 6.07) is -0.925. The summed E-state index contributed by atoms with van der Waals surface area (Å²) in [5.41, 5.74) is 5.20. The number of thioether (sulfide) groups is 1. The van der Waals surface area contributed by atoms with Gasteiger partial charge >= 0.3 is 5.97 Å². The Morgan fingerprint density at radius 1 is 1.50 bits per heavy atom. The minimum absolute atomic E-state index is 0.237. The molecule has 1 atom stereocenters. The van der Waals surface area contributed by atoms with Gasteiger partial charge in [-0.05, 0) is 12.2 Å². The second kappa shape index (κ2) is 6.23. The first-order valence-electron chi connectivity index (χ1n) is 3.84. The molecule has 0 heterocycles. The number of hydrogen-bond donors (Lipinski definition) is 3. The summed E-state index contributed by atoms with van der Waals surface area (Å²) in [4.78, 5) is 10.2. The van der Waals surface area contributed by atoms with E-state index in [0.717, 1.165) is 0 Å². The van der Waals surface area contributed by atoms with Crippen molar-refractivity contribution >= 4 is 27.8 Å². The van der Waals surface area contributed by atoms with Crippen LogP contribution in [0.25, 0.3) is 0 Å². The number of carbonyl (C=O) groups is 1. The maximum absolute atomic E-state index is 10.3. The molecule has 0 aromatic rings. The molecule has 0 bridgehead atoms. The van der Waals surface area contributed by atoms with E-state index in [1.54, 1.807) is 0 Å². The molecule has 0 saturated heterocycles.